The Hall–Kier alpha value is -1.14. The van der Waals surface area contributed by atoms with Crippen molar-refractivity contribution in [2.24, 2.45) is 17.6 Å². The number of carbonyl (C=O) groups is 2. The van der Waals surface area contributed by atoms with E-state index in [-0.39, 0.29) is 11.7 Å². The number of ether oxygens (including phenoxy) is 1. The van der Waals surface area contributed by atoms with E-state index < -0.39 is 17.8 Å². The first-order chi connectivity index (χ1) is 10.7. The second-order valence-corrected chi connectivity index (χ2v) is 7.45. The molecule has 0 saturated heterocycles. The topological polar surface area (TPSA) is 102 Å². The quantitative estimate of drug-likeness (QED) is 0.663. The van der Waals surface area contributed by atoms with Gasteiger partial charge in [-0.25, -0.2) is 4.79 Å². The number of amides is 1. The first kappa shape index (κ1) is 19.9. The largest absolute Gasteiger partial charge is 0.444 e. The van der Waals surface area contributed by atoms with Crippen LogP contribution in [0.4, 0.5) is 4.79 Å². The minimum atomic E-state index is -0.875. The summed E-state index contributed by atoms with van der Waals surface area (Å²) in [6, 6.07) is 0. The van der Waals surface area contributed by atoms with Gasteiger partial charge in [0.05, 0.1) is 0 Å². The van der Waals surface area contributed by atoms with Gasteiger partial charge in [0.25, 0.3) is 0 Å². The van der Waals surface area contributed by atoms with Crippen LogP contribution in [-0.2, 0) is 9.53 Å². The molecular formula is C17H32N2O4. The van der Waals surface area contributed by atoms with Crippen LogP contribution in [0.3, 0.4) is 0 Å². The minimum absolute atomic E-state index is 0.0444. The molecule has 0 aromatic rings. The zero-order valence-corrected chi connectivity index (χ0v) is 14.6. The van der Waals surface area contributed by atoms with E-state index in [1.54, 1.807) is 0 Å². The summed E-state index contributed by atoms with van der Waals surface area (Å²) in [6.45, 7) is 6.57. The van der Waals surface area contributed by atoms with Crippen LogP contribution in [-0.4, -0.2) is 41.8 Å². The molecule has 134 valence electrons. The number of ketones is 1. The van der Waals surface area contributed by atoms with Gasteiger partial charge in [0.2, 0.25) is 0 Å². The van der Waals surface area contributed by atoms with Gasteiger partial charge in [-0.2, -0.15) is 0 Å². The average Bonchev–Trinajstić information content (AvgIpc) is 2.48. The Bertz CT molecular complexity index is 385. The number of aliphatic hydroxyl groups is 1. The van der Waals surface area contributed by atoms with Gasteiger partial charge in [0.15, 0.2) is 5.78 Å². The maximum absolute atomic E-state index is 12.2. The monoisotopic (exact) mass is 328 g/mol. The highest BCUT2D eigenvalue weighted by molar-refractivity contribution is 5.85. The number of alkyl carbamates (subject to hydrolysis) is 1. The molecule has 1 aliphatic rings. The minimum Gasteiger partial charge on any atom is -0.444 e. The molecule has 0 aliphatic heterocycles. The van der Waals surface area contributed by atoms with Gasteiger partial charge in [-0.1, -0.05) is 0 Å². The molecule has 6 nitrogen and oxygen atoms in total. The van der Waals surface area contributed by atoms with Crippen LogP contribution in [0.1, 0.15) is 59.3 Å². The van der Waals surface area contributed by atoms with Crippen molar-refractivity contribution >= 4 is 11.9 Å². The number of rotatable bonds is 7. The molecule has 1 fully saturated rings. The zero-order valence-electron chi connectivity index (χ0n) is 14.6. The van der Waals surface area contributed by atoms with E-state index in [0.717, 1.165) is 25.7 Å². The van der Waals surface area contributed by atoms with Crippen molar-refractivity contribution in [3.63, 3.8) is 0 Å². The zero-order chi connectivity index (χ0) is 17.5. The van der Waals surface area contributed by atoms with E-state index >= 15 is 0 Å². The van der Waals surface area contributed by atoms with Crippen LogP contribution in [0.25, 0.3) is 0 Å². The van der Waals surface area contributed by atoms with E-state index in [0.29, 0.717) is 31.8 Å². The molecule has 4 N–H and O–H groups in total. The van der Waals surface area contributed by atoms with Gasteiger partial charge in [0.1, 0.15) is 11.7 Å². The molecule has 1 amide bonds. The molecule has 0 heterocycles. The molecule has 0 bridgehead atoms. The standard InChI is InChI=1S/C17H32N2O4/c1-17(2,3)23-16(22)19-11-12-6-8-13(9-7-12)15(21)14(20)5-4-10-18/h12-14,20H,4-11,18H2,1-3H3,(H,19,22). The molecule has 1 rings (SSSR count). The summed E-state index contributed by atoms with van der Waals surface area (Å²) in [4.78, 5) is 23.8. The van der Waals surface area contributed by atoms with Gasteiger partial charge in [-0.3, -0.25) is 4.79 Å². The summed E-state index contributed by atoms with van der Waals surface area (Å²) in [5.74, 6) is 0.269. The molecule has 0 radical (unpaired) electrons. The summed E-state index contributed by atoms with van der Waals surface area (Å²) in [7, 11) is 0. The van der Waals surface area contributed by atoms with Crippen molar-refractivity contribution in [1.82, 2.24) is 5.32 Å². The fourth-order valence-electron chi connectivity index (χ4n) is 2.92. The Labute approximate surface area is 139 Å². The van der Waals surface area contributed by atoms with E-state index in [2.05, 4.69) is 5.32 Å². The fourth-order valence-corrected chi connectivity index (χ4v) is 2.92. The molecule has 1 saturated carbocycles. The van der Waals surface area contributed by atoms with Crippen LogP contribution in [0.15, 0.2) is 0 Å². The number of hydrogen-bond donors (Lipinski definition) is 3. The molecule has 0 aromatic carbocycles. The molecular weight excluding hydrogens is 296 g/mol. The van der Waals surface area contributed by atoms with Crippen molar-refractivity contribution in [2.45, 2.75) is 71.0 Å². The Morgan fingerprint density at radius 2 is 1.87 bits per heavy atom. The molecule has 1 aliphatic carbocycles. The smallest absolute Gasteiger partial charge is 0.407 e. The number of nitrogens with two attached hydrogens (primary N) is 1. The summed E-state index contributed by atoms with van der Waals surface area (Å²) in [5, 5.41) is 12.7. The normalized spacial score (nSPS) is 23.2. The first-order valence-electron chi connectivity index (χ1n) is 8.61. The van der Waals surface area contributed by atoms with Crippen molar-refractivity contribution < 1.29 is 19.4 Å². The maximum atomic E-state index is 12.2. The predicted molar refractivity (Wildman–Crippen MR) is 89.0 cm³/mol. The maximum Gasteiger partial charge on any atom is 0.407 e. The van der Waals surface area contributed by atoms with Crippen molar-refractivity contribution in [3.05, 3.63) is 0 Å². The highest BCUT2D eigenvalue weighted by Gasteiger charge is 2.30. The Morgan fingerprint density at radius 1 is 1.26 bits per heavy atom. The van der Waals surface area contributed by atoms with E-state index in [1.165, 1.54) is 0 Å². The second-order valence-electron chi connectivity index (χ2n) is 7.45. The number of Topliss-reactive ketones (excluding diaryl/α,β-unsaturated/α-hetero) is 1. The average molecular weight is 328 g/mol. The lowest BCUT2D eigenvalue weighted by Crippen LogP contribution is -2.37. The number of aliphatic hydroxyl groups excluding tert-OH is 1. The Morgan fingerprint density at radius 3 is 2.39 bits per heavy atom. The Kier molecular flexibility index (Phi) is 7.99. The van der Waals surface area contributed by atoms with E-state index in [1.807, 2.05) is 20.8 Å². The first-order valence-corrected chi connectivity index (χ1v) is 8.61. The third-order valence-electron chi connectivity index (χ3n) is 4.19. The van der Waals surface area contributed by atoms with Crippen LogP contribution in [0.2, 0.25) is 0 Å². The van der Waals surface area contributed by atoms with Gasteiger partial charge in [-0.05, 0) is 71.8 Å². The van der Waals surface area contributed by atoms with Crippen LogP contribution < -0.4 is 11.1 Å². The molecule has 23 heavy (non-hydrogen) atoms. The molecule has 0 spiro atoms. The lowest BCUT2D eigenvalue weighted by molar-refractivity contribution is -0.132. The van der Waals surface area contributed by atoms with Crippen LogP contribution >= 0.6 is 0 Å². The fraction of sp³-hybridized carbons (Fsp3) is 0.882. The van der Waals surface area contributed by atoms with Gasteiger partial charge < -0.3 is 20.9 Å². The number of hydrogen-bond acceptors (Lipinski definition) is 5. The lowest BCUT2D eigenvalue weighted by Gasteiger charge is -2.29. The molecule has 6 heteroatoms. The van der Waals surface area contributed by atoms with E-state index in [4.69, 9.17) is 10.5 Å². The van der Waals surface area contributed by atoms with E-state index in [9.17, 15) is 14.7 Å². The third kappa shape index (κ3) is 7.79. The van der Waals surface area contributed by atoms with Gasteiger partial charge in [0, 0.05) is 12.5 Å². The van der Waals surface area contributed by atoms with Gasteiger partial charge >= 0.3 is 6.09 Å². The second kappa shape index (κ2) is 9.23. The lowest BCUT2D eigenvalue weighted by atomic mass is 9.78. The highest BCUT2D eigenvalue weighted by Crippen LogP contribution is 2.30. The summed E-state index contributed by atoms with van der Waals surface area (Å²) >= 11 is 0. The number of carbonyl (C=O) groups excluding carboxylic acids is 2. The molecule has 0 aromatic heterocycles. The highest BCUT2D eigenvalue weighted by atomic mass is 16.6. The van der Waals surface area contributed by atoms with Crippen molar-refractivity contribution in [3.8, 4) is 0 Å². The predicted octanol–water partition coefficient (Wildman–Crippen LogP) is 1.99. The Balaban J connectivity index is 2.27. The molecule has 1 atom stereocenters. The van der Waals surface area contributed by atoms with Gasteiger partial charge in [-0.15, -0.1) is 0 Å². The van der Waals surface area contributed by atoms with Crippen LogP contribution in [0.5, 0.6) is 0 Å². The van der Waals surface area contributed by atoms with Crippen molar-refractivity contribution in [1.29, 1.82) is 0 Å². The van der Waals surface area contributed by atoms with Crippen molar-refractivity contribution in [2.75, 3.05) is 13.1 Å². The van der Waals surface area contributed by atoms with Crippen LogP contribution in [0, 0.1) is 11.8 Å². The SMILES string of the molecule is CC(C)(C)OC(=O)NCC1CCC(C(=O)C(O)CCCN)CC1. The number of nitrogens with one attached hydrogen (secondary N) is 1. The summed E-state index contributed by atoms with van der Waals surface area (Å²) in [6.07, 6.45) is 3.18. The summed E-state index contributed by atoms with van der Waals surface area (Å²) in [5.41, 5.74) is 4.91. The molecule has 1 unspecified atom stereocenters. The third-order valence-corrected chi connectivity index (χ3v) is 4.19. The summed E-state index contributed by atoms with van der Waals surface area (Å²) < 4.78 is 5.21.